The van der Waals surface area contributed by atoms with Crippen LogP contribution in [0.15, 0.2) is 36.4 Å². The van der Waals surface area contributed by atoms with Crippen molar-refractivity contribution < 1.29 is 34.3 Å². The smallest absolute Gasteiger partial charge is 0.200 e. The molecule has 0 saturated heterocycles. The number of fused-ring (bicyclic) bond motifs is 5. The first-order valence-corrected chi connectivity index (χ1v) is 15.4. The van der Waals surface area contributed by atoms with E-state index in [1.165, 1.54) is 7.11 Å². The lowest BCUT2D eigenvalue weighted by atomic mass is 9.74. The number of rotatable bonds is 9. The standard InChI is InChI=1S/C35H42O7/c1-4-5-6-11-26-32-25-14-12-20-16-22(36)13-15-24(20)31(25)27(39-2)19-28(32)42-35(33(26)37)21-17-29(40-3)34(38)30(18-21)41-23-9-7-8-10-23/h13,15-19,23,26,33,35-38H,4-12,14H2,1-3H3/t26-,33-,35+/m1/s1. The third-order valence-electron chi connectivity index (χ3n) is 9.30. The molecule has 3 N–H and O–H groups in total. The molecule has 7 heteroatoms. The van der Waals surface area contributed by atoms with Crippen LogP contribution in [0.3, 0.4) is 0 Å². The van der Waals surface area contributed by atoms with Crippen LogP contribution < -0.4 is 18.9 Å². The molecule has 1 heterocycles. The quantitative estimate of drug-likeness (QED) is 0.230. The van der Waals surface area contributed by atoms with Gasteiger partial charge in [0.1, 0.15) is 23.4 Å². The minimum atomic E-state index is -0.818. The summed E-state index contributed by atoms with van der Waals surface area (Å²) in [6, 6.07) is 11.0. The van der Waals surface area contributed by atoms with Crippen molar-refractivity contribution in [2.24, 2.45) is 0 Å². The molecule has 3 aromatic carbocycles. The summed E-state index contributed by atoms with van der Waals surface area (Å²) in [5.41, 5.74) is 6.06. The van der Waals surface area contributed by atoms with Gasteiger partial charge in [0.05, 0.1) is 20.3 Å². The molecule has 42 heavy (non-hydrogen) atoms. The SMILES string of the molecule is CCCCC[C@@H]1c2c(cc(OC)c3c2CCc2cc(O)ccc2-3)O[C@@H](c2cc(OC)c(O)c(OC3CCCC3)c2)[C@@H]1O. The Morgan fingerprint density at radius 1 is 0.905 bits per heavy atom. The molecule has 2 aliphatic carbocycles. The Morgan fingerprint density at radius 3 is 2.40 bits per heavy atom. The Kier molecular flexibility index (Phi) is 8.13. The van der Waals surface area contributed by atoms with E-state index in [4.69, 9.17) is 18.9 Å². The molecule has 1 saturated carbocycles. The number of aliphatic hydroxyl groups excluding tert-OH is 1. The molecule has 1 aliphatic heterocycles. The van der Waals surface area contributed by atoms with Gasteiger partial charge in [-0.05, 0) is 85.9 Å². The summed E-state index contributed by atoms with van der Waals surface area (Å²) in [7, 11) is 3.19. The van der Waals surface area contributed by atoms with Crippen molar-refractivity contribution in [3.8, 4) is 45.6 Å². The van der Waals surface area contributed by atoms with E-state index in [2.05, 4.69) is 6.92 Å². The first-order chi connectivity index (χ1) is 20.4. The highest BCUT2D eigenvalue weighted by molar-refractivity contribution is 5.82. The molecular formula is C35H42O7. The van der Waals surface area contributed by atoms with Gasteiger partial charge in [-0.3, -0.25) is 0 Å². The van der Waals surface area contributed by atoms with Crippen molar-refractivity contribution >= 4 is 0 Å². The number of aliphatic hydroxyl groups is 1. The molecule has 0 amide bonds. The molecule has 3 atom stereocenters. The van der Waals surface area contributed by atoms with E-state index in [0.29, 0.717) is 22.8 Å². The first kappa shape index (κ1) is 28.5. The first-order valence-electron chi connectivity index (χ1n) is 15.4. The van der Waals surface area contributed by atoms with Crippen LogP contribution in [0, 0.1) is 0 Å². The number of hydrogen-bond donors (Lipinski definition) is 3. The summed E-state index contributed by atoms with van der Waals surface area (Å²) in [5.74, 6) is 2.17. The summed E-state index contributed by atoms with van der Waals surface area (Å²) in [6.07, 6.45) is 8.22. The van der Waals surface area contributed by atoms with E-state index in [0.717, 1.165) is 97.8 Å². The zero-order valence-electron chi connectivity index (χ0n) is 24.8. The number of aromatic hydroxyl groups is 2. The molecule has 0 unspecified atom stereocenters. The van der Waals surface area contributed by atoms with E-state index in [-0.39, 0.29) is 23.5 Å². The number of phenols is 2. The second kappa shape index (κ2) is 12.0. The third kappa shape index (κ3) is 5.13. The van der Waals surface area contributed by atoms with Crippen molar-refractivity contribution in [1.29, 1.82) is 0 Å². The molecule has 0 bridgehead atoms. The van der Waals surface area contributed by atoms with Crippen molar-refractivity contribution in [3.63, 3.8) is 0 Å². The zero-order chi connectivity index (χ0) is 29.4. The van der Waals surface area contributed by atoms with Crippen LogP contribution >= 0.6 is 0 Å². The highest BCUT2D eigenvalue weighted by Crippen LogP contribution is 2.54. The zero-order valence-corrected chi connectivity index (χ0v) is 24.8. The van der Waals surface area contributed by atoms with Gasteiger partial charge >= 0.3 is 0 Å². The normalized spacial score (nSPS) is 21.2. The summed E-state index contributed by atoms with van der Waals surface area (Å²) in [4.78, 5) is 0. The summed E-state index contributed by atoms with van der Waals surface area (Å²) < 4.78 is 24.4. The van der Waals surface area contributed by atoms with Gasteiger partial charge in [0.2, 0.25) is 5.75 Å². The fraction of sp³-hybridized carbons (Fsp3) is 0.486. The summed E-state index contributed by atoms with van der Waals surface area (Å²) in [5, 5.41) is 33.1. The maximum absolute atomic E-state index is 12.1. The Hall–Kier alpha value is -3.58. The van der Waals surface area contributed by atoms with Gasteiger partial charge in [-0.2, -0.15) is 0 Å². The maximum Gasteiger partial charge on any atom is 0.200 e. The van der Waals surface area contributed by atoms with Gasteiger partial charge in [-0.1, -0.05) is 32.3 Å². The number of aryl methyl sites for hydroxylation is 1. The van der Waals surface area contributed by atoms with Crippen LogP contribution in [0.4, 0.5) is 0 Å². The van der Waals surface area contributed by atoms with Crippen molar-refractivity contribution in [1.82, 2.24) is 0 Å². The van der Waals surface area contributed by atoms with Crippen molar-refractivity contribution in [3.05, 3.63) is 58.7 Å². The lowest BCUT2D eigenvalue weighted by Gasteiger charge is -2.40. The lowest BCUT2D eigenvalue weighted by Crippen LogP contribution is -2.36. The molecule has 3 aromatic rings. The number of benzene rings is 3. The number of hydrogen-bond acceptors (Lipinski definition) is 7. The Balaban J connectivity index is 1.46. The van der Waals surface area contributed by atoms with Crippen LogP contribution in [0.1, 0.15) is 92.6 Å². The monoisotopic (exact) mass is 574 g/mol. The fourth-order valence-corrected chi connectivity index (χ4v) is 7.19. The van der Waals surface area contributed by atoms with Gasteiger partial charge in [0.25, 0.3) is 0 Å². The topological polar surface area (TPSA) is 97.6 Å². The summed E-state index contributed by atoms with van der Waals surface area (Å²) in [6.45, 7) is 2.19. The second-order valence-corrected chi connectivity index (χ2v) is 11.9. The van der Waals surface area contributed by atoms with Crippen LogP contribution in [0.25, 0.3) is 11.1 Å². The van der Waals surface area contributed by atoms with Gasteiger partial charge in [0.15, 0.2) is 17.6 Å². The van der Waals surface area contributed by atoms with E-state index < -0.39 is 12.2 Å². The highest BCUT2D eigenvalue weighted by atomic mass is 16.5. The van der Waals surface area contributed by atoms with Crippen LogP contribution in [-0.2, 0) is 12.8 Å². The van der Waals surface area contributed by atoms with Crippen LogP contribution in [0.5, 0.6) is 34.5 Å². The predicted molar refractivity (Wildman–Crippen MR) is 161 cm³/mol. The highest BCUT2D eigenvalue weighted by Gasteiger charge is 2.42. The molecule has 0 spiro atoms. The molecule has 0 radical (unpaired) electrons. The lowest BCUT2D eigenvalue weighted by molar-refractivity contribution is -0.00359. The number of ether oxygens (including phenoxy) is 4. The van der Waals surface area contributed by atoms with Gasteiger partial charge in [-0.15, -0.1) is 0 Å². The average Bonchev–Trinajstić information content (AvgIpc) is 3.51. The average molecular weight is 575 g/mol. The fourth-order valence-electron chi connectivity index (χ4n) is 7.19. The van der Waals surface area contributed by atoms with Crippen LogP contribution in [0.2, 0.25) is 0 Å². The van der Waals surface area contributed by atoms with Crippen LogP contribution in [-0.4, -0.2) is 41.7 Å². The number of unbranched alkanes of at least 4 members (excludes halogenated alkanes) is 2. The molecule has 0 aromatic heterocycles. The van der Waals surface area contributed by atoms with Crippen molar-refractivity contribution in [2.45, 2.75) is 95.4 Å². The van der Waals surface area contributed by atoms with Gasteiger partial charge in [0, 0.05) is 28.7 Å². The minimum Gasteiger partial charge on any atom is -0.508 e. The van der Waals surface area contributed by atoms with E-state index in [1.54, 1.807) is 25.3 Å². The van der Waals surface area contributed by atoms with E-state index in [1.807, 2.05) is 18.2 Å². The van der Waals surface area contributed by atoms with E-state index in [9.17, 15) is 15.3 Å². The molecule has 6 rings (SSSR count). The molecule has 224 valence electrons. The molecular weight excluding hydrogens is 532 g/mol. The third-order valence-corrected chi connectivity index (χ3v) is 9.30. The number of phenolic OH excluding ortho intramolecular Hbond substituents is 2. The minimum absolute atomic E-state index is 0.0289. The number of methoxy groups -OCH3 is 2. The Labute approximate surface area is 248 Å². The predicted octanol–water partition coefficient (Wildman–Crippen LogP) is 7.36. The van der Waals surface area contributed by atoms with Gasteiger partial charge in [-0.25, -0.2) is 0 Å². The maximum atomic E-state index is 12.1. The van der Waals surface area contributed by atoms with Gasteiger partial charge < -0.3 is 34.3 Å². The Bertz CT molecular complexity index is 1440. The molecule has 1 fully saturated rings. The largest absolute Gasteiger partial charge is 0.508 e. The molecule has 7 nitrogen and oxygen atoms in total. The van der Waals surface area contributed by atoms with Crippen molar-refractivity contribution in [2.75, 3.05) is 14.2 Å². The molecule has 3 aliphatic rings. The van der Waals surface area contributed by atoms with E-state index >= 15 is 0 Å². The second-order valence-electron chi connectivity index (χ2n) is 11.9. The Morgan fingerprint density at radius 2 is 1.67 bits per heavy atom. The summed E-state index contributed by atoms with van der Waals surface area (Å²) >= 11 is 0.